The van der Waals surface area contributed by atoms with E-state index in [1.807, 2.05) is 91.0 Å². The van der Waals surface area contributed by atoms with Gasteiger partial charge >= 0.3 is 0 Å². The van der Waals surface area contributed by atoms with Gasteiger partial charge in [0.25, 0.3) is 0 Å². The van der Waals surface area contributed by atoms with Crippen LogP contribution in [0.5, 0.6) is 0 Å². The highest BCUT2D eigenvalue weighted by Gasteiger charge is 2.15. The number of aromatic nitrogens is 3. The number of hydrogen-bond donors (Lipinski definition) is 0. The zero-order valence-electron chi connectivity index (χ0n) is 34.6. The van der Waals surface area contributed by atoms with E-state index in [1.54, 1.807) is 12.1 Å². The van der Waals surface area contributed by atoms with E-state index in [0.29, 0.717) is 22.3 Å². The van der Waals surface area contributed by atoms with Crippen LogP contribution in [0, 0.1) is 0 Å². The first-order valence-electron chi connectivity index (χ1n) is 19.9. The Morgan fingerprint density at radius 3 is 1.64 bits per heavy atom. The smallest absolute Gasteiger partial charge is 0.164 e. The SMILES string of the molecule is [2H]c1c([2H])c([2H])c(-c2ccc3cc(-c4cccc(-c5nc(-c6ccc7c(c6)oc6ccccc67)nc(-c6c([2H])c([2H])c([2H])c([2H])c6[2H])n5)c4)ccc3c2)c([2H])c1[2H]. The lowest BCUT2D eigenvalue weighted by Crippen LogP contribution is -2.00. The highest BCUT2D eigenvalue weighted by atomic mass is 16.3. The van der Waals surface area contributed by atoms with Crippen LogP contribution in [0.3, 0.4) is 0 Å². The van der Waals surface area contributed by atoms with Gasteiger partial charge in [-0.25, -0.2) is 15.0 Å². The average Bonchev–Trinajstić information content (AvgIpc) is 3.61. The fraction of sp³-hybridized carbons (Fsp3) is 0. The van der Waals surface area contributed by atoms with E-state index in [1.165, 1.54) is 0 Å². The predicted molar refractivity (Wildman–Crippen MR) is 192 cm³/mol. The van der Waals surface area contributed by atoms with Crippen molar-refractivity contribution in [3.05, 3.63) is 164 Å². The van der Waals surface area contributed by atoms with Gasteiger partial charge in [0.2, 0.25) is 0 Å². The average molecular weight is 612 g/mol. The normalized spacial score (nSPS) is 14.4. The van der Waals surface area contributed by atoms with Gasteiger partial charge in [0.05, 0.1) is 13.7 Å². The van der Waals surface area contributed by atoms with E-state index in [4.69, 9.17) is 28.1 Å². The number of rotatable bonds is 5. The van der Waals surface area contributed by atoms with Gasteiger partial charge < -0.3 is 4.42 Å². The Hall–Kier alpha value is -6.39. The first-order valence-corrected chi connectivity index (χ1v) is 14.9. The summed E-state index contributed by atoms with van der Waals surface area (Å²) in [6.07, 6.45) is 0. The maximum absolute atomic E-state index is 8.68. The molecule has 0 spiro atoms. The minimum atomic E-state index is -0.521. The number of nitrogens with zero attached hydrogens (tertiary/aromatic N) is 3. The quantitative estimate of drug-likeness (QED) is 0.194. The largest absolute Gasteiger partial charge is 0.456 e. The fourth-order valence-electron chi connectivity index (χ4n) is 5.79. The molecule has 2 heterocycles. The zero-order valence-corrected chi connectivity index (χ0v) is 24.6. The van der Waals surface area contributed by atoms with Gasteiger partial charge in [0, 0.05) is 27.5 Å². The summed E-state index contributed by atoms with van der Waals surface area (Å²) in [6.45, 7) is 0. The second-order valence-corrected chi connectivity index (χ2v) is 11.0. The molecule has 0 amide bonds. The van der Waals surface area contributed by atoms with Crippen LogP contribution in [0.25, 0.3) is 89.1 Å². The molecule has 9 rings (SSSR count). The third-order valence-corrected chi connectivity index (χ3v) is 8.08. The molecule has 220 valence electrons. The molecular weight excluding hydrogens is 574 g/mol. The lowest BCUT2D eigenvalue weighted by molar-refractivity contribution is 0.669. The lowest BCUT2D eigenvalue weighted by atomic mass is 9.97. The molecule has 0 bridgehead atoms. The first kappa shape index (κ1) is 18.5. The Morgan fingerprint density at radius 1 is 0.383 bits per heavy atom. The highest BCUT2D eigenvalue weighted by molar-refractivity contribution is 6.05. The van der Waals surface area contributed by atoms with Crippen molar-refractivity contribution in [2.75, 3.05) is 0 Å². The molecule has 2 aromatic heterocycles. The number of para-hydroxylation sites is 1. The Kier molecular flexibility index (Phi) is 4.42. The third kappa shape index (κ3) is 5.02. The van der Waals surface area contributed by atoms with Crippen LogP contribution in [-0.2, 0) is 0 Å². The Labute approximate surface area is 285 Å². The first-order chi connectivity index (χ1) is 27.4. The molecule has 0 saturated heterocycles. The summed E-state index contributed by atoms with van der Waals surface area (Å²) in [5.41, 5.74) is 4.67. The van der Waals surface area contributed by atoms with Crippen molar-refractivity contribution in [2.24, 2.45) is 0 Å². The molecular formula is C43H27N3O. The Morgan fingerprint density at radius 2 is 0.915 bits per heavy atom. The number of benzene rings is 7. The van der Waals surface area contributed by atoms with Crippen molar-refractivity contribution in [3.8, 4) is 56.4 Å². The van der Waals surface area contributed by atoms with Crippen LogP contribution < -0.4 is 0 Å². The summed E-state index contributed by atoms with van der Waals surface area (Å²) >= 11 is 0. The monoisotopic (exact) mass is 611 g/mol. The molecule has 0 aliphatic heterocycles. The van der Waals surface area contributed by atoms with Crippen molar-refractivity contribution in [2.45, 2.75) is 0 Å². The highest BCUT2D eigenvalue weighted by Crippen LogP contribution is 2.34. The molecule has 0 aliphatic carbocycles. The van der Waals surface area contributed by atoms with Gasteiger partial charge in [0.1, 0.15) is 11.2 Å². The standard InChI is InChI=1S/C43H27N3O/c1-3-10-28(11-4-1)31-18-19-34-25-32(20-21-33(34)24-31)30-14-9-15-35(26-30)42-44-41(29-12-5-2-6-13-29)45-43(46-42)36-22-23-38-37-16-7-8-17-39(37)47-40(38)27-36/h1-27H/i1D,2D,3D,4D,5D,6D,10D,11D,12D,13D. The van der Waals surface area contributed by atoms with Gasteiger partial charge in [-0.15, -0.1) is 0 Å². The van der Waals surface area contributed by atoms with Crippen molar-refractivity contribution >= 4 is 32.7 Å². The molecule has 0 unspecified atom stereocenters. The summed E-state index contributed by atoms with van der Waals surface area (Å²) in [6, 6.07) is 27.8. The van der Waals surface area contributed by atoms with E-state index < -0.39 is 36.3 Å². The molecule has 0 fully saturated rings. The van der Waals surface area contributed by atoms with Gasteiger partial charge in [-0.2, -0.15) is 0 Å². The van der Waals surface area contributed by atoms with Gasteiger partial charge in [-0.1, -0.05) is 127 Å². The second kappa shape index (κ2) is 11.2. The maximum Gasteiger partial charge on any atom is 0.164 e. The van der Waals surface area contributed by atoms with Crippen LogP contribution in [0.15, 0.2) is 168 Å². The molecule has 0 saturated carbocycles. The molecule has 4 nitrogen and oxygen atoms in total. The van der Waals surface area contributed by atoms with Gasteiger partial charge in [-0.3, -0.25) is 0 Å². The van der Waals surface area contributed by atoms with Gasteiger partial charge in [0.15, 0.2) is 17.5 Å². The molecule has 9 aromatic rings. The van der Waals surface area contributed by atoms with E-state index in [-0.39, 0.29) is 52.8 Å². The zero-order chi connectivity index (χ0) is 39.9. The third-order valence-electron chi connectivity index (χ3n) is 8.08. The summed E-state index contributed by atoms with van der Waals surface area (Å²) in [5, 5.41) is 3.53. The minimum absolute atomic E-state index is 0.0808. The van der Waals surface area contributed by atoms with Crippen molar-refractivity contribution in [3.63, 3.8) is 0 Å². The molecule has 7 aromatic carbocycles. The number of fused-ring (bicyclic) bond motifs is 4. The van der Waals surface area contributed by atoms with E-state index in [0.717, 1.165) is 38.3 Å². The molecule has 0 N–H and O–H groups in total. The molecule has 0 radical (unpaired) electrons. The Bertz CT molecular complexity index is 3110. The van der Waals surface area contributed by atoms with Crippen LogP contribution in [0.1, 0.15) is 13.7 Å². The van der Waals surface area contributed by atoms with Crippen molar-refractivity contribution < 1.29 is 18.1 Å². The predicted octanol–water partition coefficient (Wildman–Crippen LogP) is 11.3. The lowest BCUT2D eigenvalue weighted by Gasteiger charge is -2.10. The maximum atomic E-state index is 8.68. The summed E-state index contributed by atoms with van der Waals surface area (Å²) in [7, 11) is 0. The molecule has 0 atom stereocenters. The van der Waals surface area contributed by atoms with E-state index >= 15 is 0 Å². The molecule has 0 aliphatic rings. The van der Waals surface area contributed by atoms with Crippen LogP contribution in [0.4, 0.5) is 0 Å². The van der Waals surface area contributed by atoms with Crippen LogP contribution in [-0.4, -0.2) is 15.0 Å². The van der Waals surface area contributed by atoms with E-state index in [9.17, 15) is 0 Å². The van der Waals surface area contributed by atoms with E-state index in [2.05, 4.69) is 4.98 Å². The summed E-state index contributed by atoms with van der Waals surface area (Å²) in [4.78, 5) is 14.2. The number of furan rings is 1. The second-order valence-electron chi connectivity index (χ2n) is 11.0. The van der Waals surface area contributed by atoms with Crippen molar-refractivity contribution in [1.82, 2.24) is 15.0 Å². The van der Waals surface area contributed by atoms with Gasteiger partial charge in [-0.05, 0) is 69.4 Å². The van der Waals surface area contributed by atoms with Crippen LogP contribution in [0.2, 0.25) is 0 Å². The topological polar surface area (TPSA) is 51.8 Å². The minimum Gasteiger partial charge on any atom is -0.456 e. The molecule has 4 heteroatoms. The summed E-state index contributed by atoms with van der Waals surface area (Å²) < 4.78 is 89.2. The Balaban J connectivity index is 1.16. The van der Waals surface area contributed by atoms with Crippen molar-refractivity contribution in [1.29, 1.82) is 0 Å². The fourth-order valence-corrected chi connectivity index (χ4v) is 5.79. The molecule has 47 heavy (non-hydrogen) atoms. The summed E-state index contributed by atoms with van der Waals surface area (Å²) in [5.74, 6) is 0.357. The number of hydrogen-bond acceptors (Lipinski definition) is 4. The van der Waals surface area contributed by atoms with Crippen LogP contribution >= 0.6 is 0 Å².